The molecule has 1 N–H and O–H groups in total. The van der Waals surface area contributed by atoms with E-state index in [4.69, 9.17) is 16.3 Å². The predicted octanol–water partition coefficient (Wildman–Crippen LogP) is 2.39. The summed E-state index contributed by atoms with van der Waals surface area (Å²) in [5.41, 5.74) is 0.0346. The Bertz CT molecular complexity index is 779. The van der Waals surface area contributed by atoms with Crippen LogP contribution >= 0.6 is 11.6 Å². The van der Waals surface area contributed by atoms with Crippen molar-refractivity contribution in [2.75, 3.05) is 13.2 Å². The number of esters is 1. The van der Waals surface area contributed by atoms with E-state index >= 15 is 0 Å². The number of hydrogen-bond donors (Lipinski definition) is 1. The molecule has 1 aliphatic heterocycles. The van der Waals surface area contributed by atoms with Crippen molar-refractivity contribution in [3.63, 3.8) is 0 Å². The fourth-order valence-corrected chi connectivity index (χ4v) is 4.87. The molecule has 1 aromatic rings. The molecule has 138 valence electrons. The van der Waals surface area contributed by atoms with Gasteiger partial charge in [-0.3, -0.25) is 4.79 Å². The maximum absolute atomic E-state index is 13.0. The number of rotatable bonds is 5. The maximum atomic E-state index is 13.0. The third-order valence-electron chi connectivity index (χ3n) is 4.16. The van der Waals surface area contributed by atoms with Crippen LogP contribution in [-0.2, 0) is 19.6 Å². The molecular weight excluding hydrogens is 370 g/mol. The normalized spacial score (nSPS) is 21.7. The molecule has 2 rings (SSSR count). The van der Waals surface area contributed by atoms with Crippen molar-refractivity contribution in [1.82, 2.24) is 4.31 Å². The summed E-state index contributed by atoms with van der Waals surface area (Å²) in [5, 5.41) is 9.28. The monoisotopic (exact) mass is 389 g/mol. The largest absolute Gasteiger partial charge is 0.481 e. The van der Waals surface area contributed by atoms with Crippen LogP contribution in [0.3, 0.4) is 0 Å². The van der Waals surface area contributed by atoms with Gasteiger partial charge in [-0.1, -0.05) is 11.6 Å². The number of sulfonamides is 1. The highest BCUT2D eigenvalue weighted by molar-refractivity contribution is 7.89. The maximum Gasteiger partial charge on any atom is 0.338 e. The van der Waals surface area contributed by atoms with Gasteiger partial charge in [0.1, 0.15) is 0 Å². The smallest absolute Gasteiger partial charge is 0.338 e. The zero-order valence-corrected chi connectivity index (χ0v) is 15.5. The number of piperidine rings is 1. The number of carboxylic acids is 1. The molecule has 0 amide bonds. The van der Waals surface area contributed by atoms with Crippen LogP contribution in [-0.4, -0.2) is 49.0 Å². The minimum absolute atomic E-state index is 0.0346. The number of carboxylic acid groups (broad SMARTS) is 1. The summed E-state index contributed by atoms with van der Waals surface area (Å²) in [6, 6.07) is 3.44. The molecule has 7 nitrogen and oxygen atoms in total. The molecule has 0 saturated carbocycles. The molecule has 0 aliphatic carbocycles. The van der Waals surface area contributed by atoms with Crippen LogP contribution in [0, 0.1) is 5.92 Å². The molecule has 1 heterocycles. The van der Waals surface area contributed by atoms with Crippen LogP contribution < -0.4 is 0 Å². The fourth-order valence-electron chi connectivity index (χ4n) is 2.79. The predicted molar refractivity (Wildman–Crippen MR) is 91.1 cm³/mol. The SMILES string of the molecule is CCOC(=O)c1cc(Cl)cc(S(=O)(=O)N2CC(C(=O)O)CCC2C)c1. The first-order valence-corrected chi connectivity index (χ1v) is 9.71. The summed E-state index contributed by atoms with van der Waals surface area (Å²) in [4.78, 5) is 23.0. The molecule has 0 spiro atoms. The first-order chi connectivity index (χ1) is 11.7. The van der Waals surface area contributed by atoms with E-state index in [0.29, 0.717) is 12.8 Å². The Balaban J connectivity index is 2.41. The lowest BCUT2D eigenvalue weighted by Gasteiger charge is -2.35. The Morgan fingerprint density at radius 3 is 2.60 bits per heavy atom. The van der Waals surface area contributed by atoms with Crippen molar-refractivity contribution in [1.29, 1.82) is 0 Å². The van der Waals surface area contributed by atoms with Gasteiger partial charge in [0.15, 0.2) is 0 Å². The van der Waals surface area contributed by atoms with Crippen molar-refractivity contribution in [3.05, 3.63) is 28.8 Å². The average Bonchev–Trinajstić information content (AvgIpc) is 2.54. The van der Waals surface area contributed by atoms with Crippen molar-refractivity contribution < 1.29 is 27.9 Å². The van der Waals surface area contributed by atoms with Gasteiger partial charge in [0.25, 0.3) is 0 Å². The van der Waals surface area contributed by atoms with E-state index < -0.39 is 27.9 Å². The quantitative estimate of drug-likeness (QED) is 0.776. The van der Waals surface area contributed by atoms with Crippen molar-refractivity contribution in [2.45, 2.75) is 37.6 Å². The number of nitrogens with zero attached hydrogens (tertiary/aromatic N) is 1. The van der Waals surface area contributed by atoms with Gasteiger partial charge in [-0.25, -0.2) is 13.2 Å². The molecule has 0 bridgehead atoms. The minimum atomic E-state index is -3.99. The summed E-state index contributed by atoms with van der Waals surface area (Å²) in [7, 11) is -3.99. The van der Waals surface area contributed by atoms with Gasteiger partial charge in [-0.05, 0) is 44.9 Å². The van der Waals surface area contributed by atoms with Crippen LogP contribution in [0.4, 0.5) is 0 Å². The van der Waals surface area contributed by atoms with Gasteiger partial charge in [0.05, 0.1) is 23.0 Å². The number of carbonyl (C=O) groups is 2. The number of halogens is 1. The Morgan fingerprint density at radius 2 is 2.00 bits per heavy atom. The van der Waals surface area contributed by atoms with Gasteiger partial charge < -0.3 is 9.84 Å². The van der Waals surface area contributed by atoms with Crippen molar-refractivity contribution in [2.24, 2.45) is 5.92 Å². The summed E-state index contributed by atoms with van der Waals surface area (Å²) in [6.45, 7) is 3.41. The zero-order valence-electron chi connectivity index (χ0n) is 13.9. The Kier molecular flexibility index (Phi) is 6.08. The summed E-state index contributed by atoms with van der Waals surface area (Å²) < 4.78 is 32.0. The van der Waals surface area contributed by atoms with Gasteiger partial charge in [0.2, 0.25) is 10.0 Å². The molecule has 1 fully saturated rings. The Hall–Kier alpha value is -1.64. The number of carbonyl (C=O) groups excluding carboxylic acids is 1. The molecule has 2 unspecified atom stereocenters. The molecular formula is C16H20ClNO6S. The lowest BCUT2D eigenvalue weighted by Crippen LogP contribution is -2.47. The van der Waals surface area contributed by atoms with E-state index in [9.17, 15) is 23.1 Å². The molecule has 1 saturated heterocycles. The van der Waals surface area contributed by atoms with Crippen LogP contribution in [0.1, 0.15) is 37.0 Å². The highest BCUT2D eigenvalue weighted by atomic mass is 35.5. The number of ether oxygens (including phenoxy) is 1. The number of hydrogen-bond acceptors (Lipinski definition) is 5. The molecule has 1 aliphatic rings. The molecule has 25 heavy (non-hydrogen) atoms. The minimum Gasteiger partial charge on any atom is -0.481 e. The molecule has 9 heteroatoms. The van der Waals surface area contributed by atoms with E-state index in [1.165, 1.54) is 18.2 Å². The number of benzene rings is 1. The highest BCUT2D eigenvalue weighted by Gasteiger charge is 2.37. The third-order valence-corrected chi connectivity index (χ3v) is 6.34. The molecule has 1 aromatic carbocycles. The molecule has 0 aromatic heterocycles. The highest BCUT2D eigenvalue weighted by Crippen LogP contribution is 2.30. The van der Waals surface area contributed by atoms with Gasteiger partial charge in [-0.2, -0.15) is 4.31 Å². The van der Waals surface area contributed by atoms with E-state index in [1.54, 1.807) is 13.8 Å². The summed E-state index contributed by atoms with van der Waals surface area (Å²) in [5.74, 6) is -2.45. The second kappa shape index (κ2) is 7.72. The number of aliphatic carboxylic acids is 1. The van der Waals surface area contributed by atoms with Crippen LogP contribution in [0.25, 0.3) is 0 Å². The second-order valence-electron chi connectivity index (χ2n) is 5.93. The zero-order chi connectivity index (χ0) is 18.8. The van der Waals surface area contributed by atoms with E-state index in [1.807, 2.05) is 0 Å². The lowest BCUT2D eigenvalue weighted by atomic mass is 9.96. The second-order valence-corrected chi connectivity index (χ2v) is 8.26. The van der Waals surface area contributed by atoms with Crippen LogP contribution in [0.15, 0.2) is 23.1 Å². The van der Waals surface area contributed by atoms with Gasteiger partial charge >= 0.3 is 11.9 Å². The Morgan fingerprint density at radius 1 is 1.32 bits per heavy atom. The topological polar surface area (TPSA) is 101 Å². The Labute approximate surface area is 151 Å². The summed E-state index contributed by atoms with van der Waals surface area (Å²) >= 11 is 5.97. The third kappa shape index (κ3) is 4.31. The van der Waals surface area contributed by atoms with Gasteiger partial charge in [0, 0.05) is 17.6 Å². The van der Waals surface area contributed by atoms with Crippen LogP contribution in [0.5, 0.6) is 0 Å². The van der Waals surface area contributed by atoms with Crippen molar-refractivity contribution in [3.8, 4) is 0 Å². The standard InChI is InChI=1S/C16H20ClNO6S/c1-3-24-16(21)12-6-13(17)8-14(7-12)25(22,23)18-9-11(15(19)20)5-4-10(18)2/h6-8,10-11H,3-5,9H2,1-2H3,(H,19,20). The van der Waals surface area contributed by atoms with Gasteiger partial charge in [-0.15, -0.1) is 0 Å². The first-order valence-electron chi connectivity index (χ1n) is 7.89. The fraction of sp³-hybridized carbons (Fsp3) is 0.500. The van der Waals surface area contributed by atoms with Crippen molar-refractivity contribution >= 4 is 33.6 Å². The van der Waals surface area contributed by atoms with E-state index in [0.717, 1.165) is 4.31 Å². The summed E-state index contributed by atoms with van der Waals surface area (Å²) in [6.07, 6.45) is 0.869. The van der Waals surface area contributed by atoms with E-state index in [-0.39, 0.29) is 34.7 Å². The molecule has 2 atom stereocenters. The average molecular weight is 390 g/mol. The molecule has 0 radical (unpaired) electrons. The first kappa shape index (κ1) is 19.7. The van der Waals surface area contributed by atoms with Crippen LogP contribution in [0.2, 0.25) is 5.02 Å². The van der Waals surface area contributed by atoms with E-state index in [2.05, 4.69) is 0 Å². The lowest BCUT2D eigenvalue weighted by molar-refractivity contribution is -0.143.